The Balaban J connectivity index is 1.92. The molecular formula is C20H26N6O2S. The third-order valence-corrected chi connectivity index (χ3v) is 5.13. The second kappa shape index (κ2) is 9.21. The number of aromatic nitrogens is 5. The Morgan fingerprint density at radius 1 is 1.17 bits per heavy atom. The van der Waals surface area contributed by atoms with Gasteiger partial charge in [-0.15, -0.1) is 0 Å². The first-order valence-electron chi connectivity index (χ1n) is 9.65. The van der Waals surface area contributed by atoms with Gasteiger partial charge in [0.25, 0.3) is 5.56 Å². The number of thioether (sulfide) groups is 1. The maximum Gasteiger partial charge on any atom is 0.269 e. The number of nitrogens with zero attached hydrogens (tertiary/aromatic N) is 5. The van der Waals surface area contributed by atoms with Crippen molar-refractivity contribution in [2.24, 2.45) is 11.8 Å². The summed E-state index contributed by atoms with van der Waals surface area (Å²) >= 11 is 1.24. The van der Waals surface area contributed by atoms with Crippen molar-refractivity contribution >= 4 is 28.6 Å². The summed E-state index contributed by atoms with van der Waals surface area (Å²) in [5.41, 5.74) is 0.341. The summed E-state index contributed by atoms with van der Waals surface area (Å²) in [4.78, 5) is 36.5. The normalized spacial score (nSPS) is 11.5. The lowest BCUT2D eigenvalue weighted by Gasteiger charge is -2.26. The van der Waals surface area contributed by atoms with Crippen LogP contribution in [0.15, 0.2) is 40.5 Å². The van der Waals surface area contributed by atoms with Crippen LogP contribution < -0.4 is 5.56 Å². The molecule has 154 valence electrons. The monoisotopic (exact) mass is 414 g/mol. The van der Waals surface area contributed by atoms with Crippen molar-refractivity contribution in [1.29, 1.82) is 0 Å². The Hall–Kier alpha value is -2.68. The van der Waals surface area contributed by atoms with Gasteiger partial charge < -0.3 is 4.90 Å². The summed E-state index contributed by atoms with van der Waals surface area (Å²) in [6.07, 6.45) is 1.34. The van der Waals surface area contributed by atoms with Crippen molar-refractivity contribution < 1.29 is 4.79 Å². The van der Waals surface area contributed by atoms with Gasteiger partial charge in [0, 0.05) is 13.1 Å². The maximum absolute atomic E-state index is 13.0. The van der Waals surface area contributed by atoms with E-state index in [-0.39, 0.29) is 23.2 Å². The van der Waals surface area contributed by atoms with Crippen molar-refractivity contribution in [3.63, 3.8) is 0 Å². The molecule has 0 aliphatic heterocycles. The molecule has 0 spiro atoms. The molecule has 0 unspecified atom stereocenters. The molecule has 3 aromatic rings. The molecule has 0 aliphatic rings. The van der Waals surface area contributed by atoms with E-state index >= 15 is 0 Å². The van der Waals surface area contributed by atoms with Gasteiger partial charge in [-0.25, -0.2) is 14.6 Å². The SMILES string of the molecule is CC(C)CN(CC(C)C)C(=O)CSc1nc2ccccc2c(=O)n1-c1ncn[nH]1. The topological polar surface area (TPSA) is 96.8 Å². The van der Waals surface area contributed by atoms with Gasteiger partial charge in [-0.05, 0) is 24.0 Å². The van der Waals surface area contributed by atoms with Crippen molar-refractivity contribution in [3.05, 3.63) is 40.9 Å². The summed E-state index contributed by atoms with van der Waals surface area (Å²) in [5, 5.41) is 7.45. The highest BCUT2D eigenvalue weighted by Gasteiger charge is 2.20. The quantitative estimate of drug-likeness (QED) is 0.450. The number of benzene rings is 1. The highest BCUT2D eigenvalue weighted by molar-refractivity contribution is 7.99. The van der Waals surface area contributed by atoms with Gasteiger partial charge in [0.1, 0.15) is 6.33 Å². The Morgan fingerprint density at radius 3 is 2.48 bits per heavy atom. The number of carbonyl (C=O) groups excluding carboxylic acids is 1. The minimum absolute atomic E-state index is 0.0314. The Kier molecular flexibility index (Phi) is 6.68. The fourth-order valence-electron chi connectivity index (χ4n) is 3.08. The zero-order chi connectivity index (χ0) is 21.0. The molecule has 8 nitrogen and oxygen atoms in total. The van der Waals surface area contributed by atoms with E-state index in [9.17, 15) is 9.59 Å². The third-order valence-electron chi connectivity index (χ3n) is 4.21. The average molecular weight is 415 g/mol. The summed E-state index contributed by atoms with van der Waals surface area (Å²) in [5.74, 6) is 1.27. The highest BCUT2D eigenvalue weighted by Crippen LogP contribution is 2.20. The van der Waals surface area contributed by atoms with Gasteiger partial charge in [-0.1, -0.05) is 51.6 Å². The number of carbonyl (C=O) groups is 1. The van der Waals surface area contributed by atoms with Crippen LogP contribution >= 0.6 is 11.8 Å². The highest BCUT2D eigenvalue weighted by atomic mass is 32.2. The molecule has 9 heteroatoms. The molecule has 0 bridgehead atoms. The number of para-hydroxylation sites is 1. The molecule has 1 N–H and O–H groups in total. The summed E-state index contributed by atoms with van der Waals surface area (Å²) < 4.78 is 1.38. The second-order valence-corrected chi connectivity index (χ2v) is 8.68. The van der Waals surface area contributed by atoms with Gasteiger partial charge in [0.05, 0.1) is 16.7 Å². The van der Waals surface area contributed by atoms with Gasteiger partial charge in [0.2, 0.25) is 11.9 Å². The maximum atomic E-state index is 13.0. The first-order valence-corrected chi connectivity index (χ1v) is 10.6. The smallest absolute Gasteiger partial charge is 0.269 e. The van der Waals surface area contributed by atoms with E-state index in [2.05, 4.69) is 47.9 Å². The average Bonchev–Trinajstić information content (AvgIpc) is 3.19. The van der Waals surface area contributed by atoms with Gasteiger partial charge in [0.15, 0.2) is 5.16 Å². The first-order chi connectivity index (χ1) is 13.9. The Morgan fingerprint density at radius 2 is 1.86 bits per heavy atom. The van der Waals surface area contributed by atoms with E-state index in [1.807, 2.05) is 11.0 Å². The van der Waals surface area contributed by atoms with Crippen molar-refractivity contribution in [2.45, 2.75) is 32.9 Å². The summed E-state index contributed by atoms with van der Waals surface area (Å²) in [7, 11) is 0. The van der Waals surface area contributed by atoms with Crippen LogP contribution in [-0.4, -0.2) is 54.4 Å². The van der Waals surface area contributed by atoms with Gasteiger partial charge in [-0.2, -0.15) is 10.1 Å². The number of hydrogen-bond acceptors (Lipinski definition) is 6. The lowest BCUT2D eigenvalue weighted by molar-refractivity contribution is -0.129. The van der Waals surface area contributed by atoms with Crippen LogP contribution in [0.4, 0.5) is 0 Å². The van der Waals surface area contributed by atoms with E-state index in [0.29, 0.717) is 41.0 Å². The van der Waals surface area contributed by atoms with E-state index in [0.717, 1.165) is 0 Å². The predicted molar refractivity (Wildman–Crippen MR) is 114 cm³/mol. The van der Waals surface area contributed by atoms with Crippen molar-refractivity contribution in [3.8, 4) is 5.95 Å². The van der Waals surface area contributed by atoms with Gasteiger partial charge >= 0.3 is 0 Å². The number of aromatic amines is 1. The largest absolute Gasteiger partial charge is 0.341 e. The van der Waals surface area contributed by atoms with Crippen LogP contribution in [0.5, 0.6) is 0 Å². The second-order valence-electron chi connectivity index (χ2n) is 7.74. The first kappa shape index (κ1) is 21.0. The van der Waals surface area contributed by atoms with Crippen molar-refractivity contribution in [1.82, 2.24) is 29.6 Å². The molecule has 3 rings (SSSR count). The van der Waals surface area contributed by atoms with E-state index in [1.54, 1.807) is 18.2 Å². The molecule has 0 fully saturated rings. The molecule has 1 aromatic carbocycles. The van der Waals surface area contributed by atoms with Crippen LogP contribution in [0.1, 0.15) is 27.7 Å². The van der Waals surface area contributed by atoms with Crippen LogP contribution in [0, 0.1) is 11.8 Å². The predicted octanol–water partition coefficient (Wildman–Crippen LogP) is 2.74. The van der Waals surface area contributed by atoms with Crippen LogP contribution in [0.2, 0.25) is 0 Å². The molecule has 1 amide bonds. The number of fused-ring (bicyclic) bond motifs is 1. The number of amides is 1. The third kappa shape index (κ3) is 5.03. The molecule has 0 atom stereocenters. The molecule has 0 saturated carbocycles. The number of nitrogens with one attached hydrogen (secondary N) is 1. The van der Waals surface area contributed by atoms with E-state index in [1.165, 1.54) is 22.7 Å². The molecule has 2 heterocycles. The molecule has 29 heavy (non-hydrogen) atoms. The minimum atomic E-state index is -0.247. The lowest BCUT2D eigenvalue weighted by atomic mass is 10.1. The summed E-state index contributed by atoms with van der Waals surface area (Å²) in [6, 6.07) is 7.14. The fraction of sp³-hybridized carbons (Fsp3) is 0.450. The van der Waals surface area contributed by atoms with Crippen LogP contribution in [0.25, 0.3) is 16.9 Å². The molecule has 2 aromatic heterocycles. The van der Waals surface area contributed by atoms with E-state index < -0.39 is 0 Å². The van der Waals surface area contributed by atoms with Crippen LogP contribution in [0.3, 0.4) is 0 Å². The molecular weight excluding hydrogens is 388 g/mol. The molecule has 0 aliphatic carbocycles. The molecule has 0 saturated heterocycles. The Labute approximate surface area is 173 Å². The zero-order valence-electron chi connectivity index (χ0n) is 17.1. The zero-order valence-corrected chi connectivity index (χ0v) is 17.9. The van der Waals surface area contributed by atoms with Gasteiger partial charge in [-0.3, -0.25) is 9.59 Å². The lowest BCUT2D eigenvalue weighted by Crippen LogP contribution is -2.38. The van der Waals surface area contributed by atoms with Crippen LogP contribution in [-0.2, 0) is 4.79 Å². The minimum Gasteiger partial charge on any atom is -0.341 e. The van der Waals surface area contributed by atoms with Crippen molar-refractivity contribution in [2.75, 3.05) is 18.8 Å². The number of rotatable bonds is 8. The molecule has 0 radical (unpaired) electrons. The number of H-pyrrole nitrogens is 1. The Bertz CT molecular complexity index is 1020. The standard InChI is InChI=1S/C20H26N6O2S/c1-13(2)9-25(10-14(3)4)17(27)11-29-20-23-16-8-6-5-7-15(16)18(28)26(20)19-21-12-22-24-19/h5-8,12-14H,9-11H2,1-4H3,(H,21,22,24). The fourth-order valence-corrected chi connectivity index (χ4v) is 3.98. The van der Waals surface area contributed by atoms with E-state index in [4.69, 9.17) is 0 Å². The summed E-state index contributed by atoms with van der Waals surface area (Å²) in [6.45, 7) is 9.80. The number of hydrogen-bond donors (Lipinski definition) is 1.